The Morgan fingerprint density at radius 1 is 1.12 bits per heavy atom. The molecule has 3 amide bonds. The number of ether oxygens (including phenoxy) is 1. The second-order valence-electron chi connectivity index (χ2n) is 9.04. The predicted octanol–water partition coefficient (Wildman–Crippen LogP) is 3.35. The van der Waals surface area contributed by atoms with Crippen molar-refractivity contribution in [1.29, 1.82) is 0 Å². The number of methoxy groups -OCH3 is 1. The van der Waals surface area contributed by atoms with Crippen molar-refractivity contribution in [2.45, 2.75) is 56.5 Å². The summed E-state index contributed by atoms with van der Waals surface area (Å²) in [5.41, 5.74) is 1.96. The summed E-state index contributed by atoms with van der Waals surface area (Å²) in [6.45, 7) is 0.305. The van der Waals surface area contributed by atoms with Gasteiger partial charge in [0.1, 0.15) is 16.8 Å². The summed E-state index contributed by atoms with van der Waals surface area (Å²) >= 11 is 1.15. The van der Waals surface area contributed by atoms with Crippen molar-refractivity contribution in [3.05, 3.63) is 53.6 Å². The second-order valence-corrected chi connectivity index (χ2v) is 9.56. The zero-order valence-corrected chi connectivity index (χ0v) is 19.8. The molecule has 176 valence electrons. The van der Waals surface area contributed by atoms with E-state index in [-0.39, 0.29) is 36.6 Å². The Morgan fingerprint density at radius 2 is 1.85 bits per heavy atom. The van der Waals surface area contributed by atoms with Gasteiger partial charge in [-0.2, -0.15) is 8.75 Å². The van der Waals surface area contributed by atoms with Crippen molar-refractivity contribution in [1.82, 2.24) is 19.0 Å². The lowest BCUT2D eigenvalue weighted by Gasteiger charge is -2.29. The van der Waals surface area contributed by atoms with Gasteiger partial charge in [-0.3, -0.25) is 19.3 Å². The van der Waals surface area contributed by atoms with Gasteiger partial charge < -0.3 is 10.1 Å². The highest BCUT2D eigenvalue weighted by Gasteiger charge is 2.55. The molecule has 1 N–H and O–H groups in total. The maximum Gasteiger partial charge on any atom is 0.241 e. The van der Waals surface area contributed by atoms with Crippen LogP contribution in [0.25, 0.3) is 11.0 Å². The van der Waals surface area contributed by atoms with Gasteiger partial charge in [0.2, 0.25) is 17.7 Å². The molecule has 1 aromatic heterocycles. The first kappa shape index (κ1) is 22.5. The van der Waals surface area contributed by atoms with Crippen LogP contribution in [-0.4, -0.2) is 44.5 Å². The molecule has 0 bridgehead atoms. The Morgan fingerprint density at radius 3 is 2.59 bits per heavy atom. The Labute approximate surface area is 201 Å². The van der Waals surface area contributed by atoms with E-state index in [1.807, 2.05) is 18.2 Å². The molecule has 1 aliphatic heterocycles. The number of likely N-dealkylation sites (tertiary alicyclic amines) is 1. The lowest BCUT2D eigenvalue weighted by molar-refractivity contribution is -0.143. The van der Waals surface area contributed by atoms with Gasteiger partial charge in [0.25, 0.3) is 0 Å². The monoisotopic (exact) mass is 478 g/mol. The Balaban J connectivity index is 1.39. The fraction of sp³-hybridized carbons (Fsp3) is 0.400. The number of fused-ring (bicyclic) bond motifs is 1. The summed E-state index contributed by atoms with van der Waals surface area (Å²) in [6, 6.07) is 12.7. The largest absolute Gasteiger partial charge is 0.497 e. The molecule has 3 aromatic rings. The molecule has 2 fully saturated rings. The fourth-order valence-corrected chi connectivity index (χ4v) is 5.66. The maximum absolute atomic E-state index is 13.8. The van der Waals surface area contributed by atoms with Gasteiger partial charge in [0.05, 0.1) is 24.3 Å². The number of hydrogen-bond acceptors (Lipinski definition) is 7. The molecule has 0 unspecified atom stereocenters. The molecule has 9 heteroatoms. The van der Waals surface area contributed by atoms with Gasteiger partial charge in [-0.1, -0.05) is 31.0 Å². The molecule has 2 aromatic carbocycles. The van der Waals surface area contributed by atoms with Crippen LogP contribution >= 0.6 is 11.7 Å². The minimum atomic E-state index is -1.21. The van der Waals surface area contributed by atoms with Crippen LogP contribution in [0, 0.1) is 0 Å². The Kier molecular flexibility index (Phi) is 6.03. The number of hydrogen-bond donors (Lipinski definition) is 1. The van der Waals surface area contributed by atoms with E-state index in [4.69, 9.17) is 4.74 Å². The number of amides is 3. The van der Waals surface area contributed by atoms with E-state index >= 15 is 0 Å². The molecule has 1 saturated carbocycles. The topological polar surface area (TPSA) is 101 Å². The molecule has 1 atom stereocenters. The zero-order valence-electron chi connectivity index (χ0n) is 19.0. The van der Waals surface area contributed by atoms with E-state index in [0.29, 0.717) is 17.9 Å². The Hall–Kier alpha value is -3.33. The van der Waals surface area contributed by atoms with Crippen LogP contribution in [-0.2, 0) is 26.3 Å². The highest BCUT2D eigenvalue weighted by Crippen LogP contribution is 2.43. The first-order valence-corrected chi connectivity index (χ1v) is 12.2. The quantitative estimate of drug-likeness (QED) is 0.523. The minimum absolute atomic E-state index is 0.00145. The second kappa shape index (κ2) is 9.13. The molecule has 5 rings (SSSR count). The van der Waals surface area contributed by atoms with Crippen LogP contribution < -0.4 is 10.1 Å². The molecule has 2 heterocycles. The highest BCUT2D eigenvalue weighted by atomic mass is 32.1. The lowest BCUT2D eigenvalue weighted by Crippen LogP contribution is -2.45. The van der Waals surface area contributed by atoms with Crippen LogP contribution in [0.1, 0.15) is 49.7 Å². The number of rotatable bonds is 7. The average Bonchev–Trinajstić information content (AvgIpc) is 3.58. The van der Waals surface area contributed by atoms with Crippen molar-refractivity contribution < 1.29 is 19.1 Å². The predicted molar refractivity (Wildman–Crippen MR) is 127 cm³/mol. The van der Waals surface area contributed by atoms with E-state index in [1.54, 1.807) is 31.4 Å². The average molecular weight is 479 g/mol. The number of nitrogens with zero attached hydrogens (tertiary/aromatic N) is 3. The number of benzene rings is 2. The fourth-order valence-electron chi connectivity index (χ4n) is 5.15. The van der Waals surface area contributed by atoms with Gasteiger partial charge >= 0.3 is 0 Å². The van der Waals surface area contributed by atoms with Crippen molar-refractivity contribution >= 4 is 40.5 Å². The van der Waals surface area contributed by atoms with Gasteiger partial charge in [-0.05, 0) is 48.2 Å². The number of aromatic nitrogens is 2. The van der Waals surface area contributed by atoms with E-state index < -0.39 is 5.41 Å². The SMILES string of the molecule is COc1ccc([C@]2(CC(=O)NCc3ccc4nsnc4c3)CC(=O)N(C3CCCC3)C2=O)cc1. The van der Waals surface area contributed by atoms with Crippen molar-refractivity contribution in [2.75, 3.05) is 7.11 Å². The summed E-state index contributed by atoms with van der Waals surface area (Å²) < 4.78 is 13.7. The van der Waals surface area contributed by atoms with Crippen molar-refractivity contribution in [3.8, 4) is 5.75 Å². The van der Waals surface area contributed by atoms with Crippen molar-refractivity contribution in [2.24, 2.45) is 0 Å². The summed E-state index contributed by atoms with van der Waals surface area (Å²) in [5, 5.41) is 2.93. The number of carbonyl (C=O) groups is 3. The third-order valence-corrected chi connectivity index (χ3v) is 7.51. The van der Waals surface area contributed by atoms with E-state index in [0.717, 1.165) is 54.0 Å². The van der Waals surface area contributed by atoms with Crippen LogP contribution in [0.3, 0.4) is 0 Å². The first-order chi connectivity index (χ1) is 16.5. The molecule has 34 heavy (non-hydrogen) atoms. The molecule has 1 aliphatic carbocycles. The first-order valence-electron chi connectivity index (χ1n) is 11.5. The highest BCUT2D eigenvalue weighted by molar-refractivity contribution is 7.00. The third-order valence-electron chi connectivity index (χ3n) is 6.95. The number of nitrogens with one attached hydrogen (secondary N) is 1. The van der Waals surface area contributed by atoms with Gasteiger partial charge in [-0.25, -0.2) is 0 Å². The van der Waals surface area contributed by atoms with Gasteiger partial charge in [0, 0.05) is 25.4 Å². The normalized spacial score (nSPS) is 20.9. The van der Waals surface area contributed by atoms with E-state index in [2.05, 4.69) is 14.1 Å². The lowest BCUT2D eigenvalue weighted by atomic mass is 9.75. The van der Waals surface area contributed by atoms with Gasteiger partial charge in [0.15, 0.2) is 0 Å². The molecule has 8 nitrogen and oxygen atoms in total. The van der Waals surface area contributed by atoms with Crippen molar-refractivity contribution in [3.63, 3.8) is 0 Å². The number of imide groups is 1. The maximum atomic E-state index is 13.8. The summed E-state index contributed by atoms with van der Waals surface area (Å²) in [6.07, 6.45) is 3.59. The summed E-state index contributed by atoms with van der Waals surface area (Å²) in [7, 11) is 1.57. The van der Waals surface area contributed by atoms with Crippen LogP contribution in [0.15, 0.2) is 42.5 Å². The van der Waals surface area contributed by atoms with Crippen LogP contribution in [0.4, 0.5) is 0 Å². The molecule has 1 saturated heterocycles. The number of carbonyl (C=O) groups excluding carboxylic acids is 3. The summed E-state index contributed by atoms with van der Waals surface area (Å²) in [5.74, 6) is -0.0804. The van der Waals surface area contributed by atoms with Gasteiger partial charge in [-0.15, -0.1) is 0 Å². The third kappa shape index (κ3) is 4.04. The Bertz CT molecular complexity index is 1240. The van der Waals surface area contributed by atoms with E-state index in [9.17, 15) is 14.4 Å². The summed E-state index contributed by atoms with van der Waals surface area (Å²) in [4.78, 5) is 41.4. The zero-order chi connectivity index (χ0) is 23.7. The van der Waals surface area contributed by atoms with Crippen LogP contribution in [0.2, 0.25) is 0 Å². The molecular formula is C25H26N4O4S. The molecule has 0 radical (unpaired) electrons. The standard InChI is InChI=1S/C25H26N4O4S/c1-33-19-9-7-17(8-10-19)25(14-23(31)29(24(25)32)18-4-2-3-5-18)13-22(30)26-15-16-6-11-20-21(12-16)28-34-27-20/h6-12,18H,2-5,13-15H2,1H3,(H,26,30)/t25-/m0/s1. The van der Waals surface area contributed by atoms with E-state index in [1.165, 1.54) is 4.90 Å². The smallest absolute Gasteiger partial charge is 0.241 e. The minimum Gasteiger partial charge on any atom is -0.497 e. The molecule has 0 spiro atoms. The molecule has 2 aliphatic rings. The molecular weight excluding hydrogens is 452 g/mol. The van der Waals surface area contributed by atoms with Crippen LogP contribution in [0.5, 0.6) is 5.75 Å².